The van der Waals surface area contributed by atoms with Crippen LogP contribution in [0.25, 0.3) is 10.8 Å². The van der Waals surface area contributed by atoms with E-state index < -0.39 is 5.97 Å². The van der Waals surface area contributed by atoms with Crippen molar-refractivity contribution in [3.05, 3.63) is 46.4 Å². The molecule has 0 radical (unpaired) electrons. The summed E-state index contributed by atoms with van der Waals surface area (Å²) < 4.78 is 1.58. The predicted octanol–water partition coefficient (Wildman–Crippen LogP) is 2.43. The highest BCUT2D eigenvalue weighted by Crippen LogP contribution is 2.13. The maximum Gasteiger partial charge on any atom is 0.303 e. The summed E-state index contributed by atoms with van der Waals surface area (Å²) in [6.45, 7) is 2.52. The summed E-state index contributed by atoms with van der Waals surface area (Å²) in [5, 5.41) is 10.2. The number of benzene rings is 1. The van der Waals surface area contributed by atoms with E-state index in [1.54, 1.807) is 10.8 Å². The number of carbonyl (C=O) groups is 1. The zero-order valence-electron chi connectivity index (χ0n) is 10.9. The van der Waals surface area contributed by atoms with Gasteiger partial charge in [-0.15, -0.1) is 0 Å². The Hall–Kier alpha value is -2.10. The molecule has 2 rings (SSSR count). The van der Waals surface area contributed by atoms with Crippen LogP contribution >= 0.6 is 0 Å². The summed E-state index contributed by atoms with van der Waals surface area (Å²) in [7, 11) is 0. The van der Waals surface area contributed by atoms with E-state index in [-0.39, 0.29) is 12.0 Å². The Labute approximate surface area is 111 Å². The van der Waals surface area contributed by atoms with Gasteiger partial charge in [0.25, 0.3) is 5.56 Å². The van der Waals surface area contributed by atoms with Gasteiger partial charge in [0.05, 0.1) is 0 Å². The number of fused-ring (bicyclic) bond motifs is 1. The van der Waals surface area contributed by atoms with Gasteiger partial charge in [0.15, 0.2) is 0 Å². The van der Waals surface area contributed by atoms with Gasteiger partial charge in [-0.05, 0) is 35.9 Å². The van der Waals surface area contributed by atoms with Crippen LogP contribution < -0.4 is 5.56 Å². The molecule has 0 bridgehead atoms. The van der Waals surface area contributed by atoms with E-state index in [1.165, 1.54) is 5.56 Å². The van der Waals surface area contributed by atoms with Crippen molar-refractivity contribution in [3.63, 3.8) is 0 Å². The lowest BCUT2D eigenvalue weighted by molar-refractivity contribution is -0.137. The van der Waals surface area contributed by atoms with Crippen molar-refractivity contribution < 1.29 is 9.90 Å². The highest BCUT2D eigenvalue weighted by Gasteiger charge is 2.04. The Morgan fingerprint density at radius 3 is 2.79 bits per heavy atom. The molecule has 2 aromatic rings. The van der Waals surface area contributed by atoms with Crippen molar-refractivity contribution in [1.82, 2.24) is 4.57 Å². The van der Waals surface area contributed by atoms with E-state index in [2.05, 4.69) is 6.92 Å². The molecule has 4 nitrogen and oxygen atoms in total. The zero-order valence-corrected chi connectivity index (χ0v) is 10.9. The van der Waals surface area contributed by atoms with Crippen molar-refractivity contribution in [3.8, 4) is 0 Å². The van der Waals surface area contributed by atoms with Crippen LogP contribution in [0, 0.1) is 0 Å². The normalized spacial score (nSPS) is 10.8. The van der Waals surface area contributed by atoms with E-state index in [4.69, 9.17) is 5.11 Å². The first-order valence-corrected chi connectivity index (χ1v) is 6.45. The molecule has 0 fully saturated rings. The minimum atomic E-state index is -0.832. The van der Waals surface area contributed by atoms with Crippen LogP contribution in [0.1, 0.15) is 25.3 Å². The fourth-order valence-electron chi connectivity index (χ4n) is 2.13. The quantitative estimate of drug-likeness (QED) is 0.897. The van der Waals surface area contributed by atoms with Gasteiger partial charge in [-0.2, -0.15) is 0 Å². The first kappa shape index (κ1) is 13.3. The third-order valence-corrected chi connectivity index (χ3v) is 3.24. The Morgan fingerprint density at radius 2 is 2.11 bits per heavy atom. The number of aliphatic carboxylic acids is 1. The molecule has 1 aromatic heterocycles. The van der Waals surface area contributed by atoms with Gasteiger partial charge < -0.3 is 9.67 Å². The third-order valence-electron chi connectivity index (χ3n) is 3.24. The van der Waals surface area contributed by atoms with Gasteiger partial charge in [-0.25, -0.2) is 0 Å². The van der Waals surface area contributed by atoms with Crippen molar-refractivity contribution in [2.75, 3.05) is 0 Å². The van der Waals surface area contributed by atoms with Crippen LogP contribution in [0.15, 0.2) is 35.3 Å². The van der Waals surface area contributed by atoms with Crippen LogP contribution in [0.4, 0.5) is 0 Å². The van der Waals surface area contributed by atoms with E-state index in [0.717, 1.165) is 11.8 Å². The molecule has 0 spiro atoms. The molecule has 0 aliphatic heterocycles. The number of aromatic nitrogens is 1. The number of hydrogen-bond acceptors (Lipinski definition) is 2. The lowest BCUT2D eigenvalue weighted by atomic mass is 10.1. The molecule has 0 unspecified atom stereocenters. The molecule has 0 saturated heterocycles. The molecule has 0 aliphatic carbocycles. The molecule has 0 saturated carbocycles. The monoisotopic (exact) mass is 259 g/mol. The number of nitrogens with zero attached hydrogens (tertiary/aromatic N) is 1. The summed E-state index contributed by atoms with van der Waals surface area (Å²) in [6, 6.07) is 7.75. The minimum Gasteiger partial charge on any atom is -0.481 e. The highest BCUT2D eigenvalue weighted by molar-refractivity contribution is 5.82. The van der Waals surface area contributed by atoms with E-state index in [1.807, 2.05) is 24.3 Å². The Bertz CT molecular complexity index is 658. The lowest BCUT2D eigenvalue weighted by Crippen LogP contribution is -2.20. The molecule has 100 valence electrons. The fraction of sp³-hybridized carbons (Fsp3) is 0.333. The summed E-state index contributed by atoms with van der Waals surface area (Å²) in [5.74, 6) is -0.832. The number of rotatable bonds is 5. The molecular weight excluding hydrogens is 242 g/mol. The molecule has 0 atom stereocenters. The van der Waals surface area contributed by atoms with Gasteiger partial charge >= 0.3 is 5.97 Å². The number of carboxylic acid groups (broad SMARTS) is 1. The number of aryl methyl sites for hydroxylation is 2. The molecule has 4 heteroatoms. The van der Waals surface area contributed by atoms with Gasteiger partial charge in [0.2, 0.25) is 0 Å². The summed E-state index contributed by atoms with van der Waals surface area (Å²) >= 11 is 0. The lowest BCUT2D eigenvalue weighted by Gasteiger charge is -2.07. The van der Waals surface area contributed by atoms with Crippen LogP contribution in [-0.2, 0) is 17.8 Å². The smallest absolute Gasteiger partial charge is 0.303 e. The molecular formula is C15H17NO3. The topological polar surface area (TPSA) is 59.3 Å². The first-order valence-electron chi connectivity index (χ1n) is 6.45. The summed E-state index contributed by atoms with van der Waals surface area (Å²) in [4.78, 5) is 22.7. The molecule has 1 aromatic carbocycles. The molecule has 1 N–H and O–H groups in total. The molecule has 19 heavy (non-hydrogen) atoms. The molecule has 0 amide bonds. The summed E-state index contributed by atoms with van der Waals surface area (Å²) in [6.07, 6.45) is 3.23. The Morgan fingerprint density at radius 1 is 1.32 bits per heavy atom. The minimum absolute atomic E-state index is 0.0504. The van der Waals surface area contributed by atoms with Gasteiger partial charge in [-0.3, -0.25) is 9.59 Å². The first-order chi connectivity index (χ1) is 9.11. The largest absolute Gasteiger partial charge is 0.481 e. The average Bonchev–Trinajstić information content (AvgIpc) is 2.40. The van der Waals surface area contributed by atoms with Gasteiger partial charge in [0, 0.05) is 24.5 Å². The fourth-order valence-corrected chi connectivity index (χ4v) is 2.13. The van der Waals surface area contributed by atoms with Gasteiger partial charge in [0.1, 0.15) is 0 Å². The standard InChI is InChI=1S/C15H17NO3/c1-2-11-5-6-13-12(10-11)7-9-16(15(13)19)8-3-4-14(17)18/h5-7,9-10H,2-4,8H2,1H3,(H,17,18). The van der Waals surface area contributed by atoms with Crippen molar-refractivity contribution in [2.24, 2.45) is 0 Å². The van der Waals surface area contributed by atoms with E-state index in [9.17, 15) is 9.59 Å². The maximum atomic E-state index is 12.2. The van der Waals surface area contributed by atoms with Crippen LogP contribution in [0.2, 0.25) is 0 Å². The summed E-state index contributed by atoms with van der Waals surface area (Å²) in [5.41, 5.74) is 1.15. The number of pyridine rings is 1. The van der Waals surface area contributed by atoms with Crippen molar-refractivity contribution in [1.29, 1.82) is 0 Å². The molecule has 0 aliphatic rings. The third kappa shape index (κ3) is 3.02. The van der Waals surface area contributed by atoms with Crippen LogP contribution in [0.3, 0.4) is 0 Å². The number of carboxylic acids is 1. The predicted molar refractivity (Wildman–Crippen MR) is 74.5 cm³/mol. The van der Waals surface area contributed by atoms with Crippen LogP contribution in [-0.4, -0.2) is 15.6 Å². The molecule has 1 heterocycles. The van der Waals surface area contributed by atoms with E-state index >= 15 is 0 Å². The highest BCUT2D eigenvalue weighted by atomic mass is 16.4. The Kier molecular flexibility index (Phi) is 4.00. The average molecular weight is 259 g/mol. The maximum absolute atomic E-state index is 12.2. The van der Waals surface area contributed by atoms with E-state index in [0.29, 0.717) is 18.4 Å². The Balaban J connectivity index is 2.30. The SMILES string of the molecule is CCc1ccc2c(=O)n(CCCC(=O)O)ccc2c1. The van der Waals surface area contributed by atoms with Gasteiger partial charge in [-0.1, -0.05) is 19.1 Å². The second-order valence-electron chi connectivity index (χ2n) is 4.59. The second kappa shape index (κ2) is 5.69. The second-order valence-corrected chi connectivity index (χ2v) is 4.59. The van der Waals surface area contributed by atoms with Crippen molar-refractivity contribution in [2.45, 2.75) is 32.7 Å². The van der Waals surface area contributed by atoms with Crippen LogP contribution in [0.5, 0.6) is 0 Å². The zero-order chi connectivity index (χ0) is 13.8. The number of hydrogen-bond donors (Lipinski definition) is 1. The van der Waals surface area contributed by atoms with Crippen molar-refractivity contribution >= 4 is 16.7 Å².